The number of carbonyl (C=O) groups is 1. The molecule has 0 saturated heterocycles. The van der Waals surface area contributed by atoms with Crippen LogP contribution in [0.4, 0.5) is 4.39 Å². The number of hydrogen-bond donors (Lipinski definition) is 1. The van der Waals surface area contributed by atoms with E-state index >= 15 is 0 Å². The predicted octanol–water partition coefficient (Wildman–Crippen LogP) is 2.33. The summed E-state index contributed by atoms with van der Waals surface area (Å²) in [6.45, 7) is 1.08. The lowest BCUT2D eigenvalue weighted by Gasteiger charge is -2.23. The van der Waals surface area contributed by atoms with Gasteiger partial charge in [0.05, 0.1) is 12.2 Å². The molecule has 0 radical (unpaired) electrons. The van der Waals surface area contributed by atoms with E-state index in [1.165, 1.54) is 23.2 Å². The minimum Gasteiger partial charge on any atom is -0.371 e. The van der Waals surface area contributed by atoms with Gasteiger partial charge in [-0.05, 0) is 29.1 Å². The molecule has 1 amide bonds. The maximum atomic E-state index is 12.7. The third-order valence-corrected chi connectivity index (χ3v) is 4.21. The standard InChI is InChI=1S/C14H13FN2O2S/c15-13-2-1-9(7-16-13)14(18)17-8-11-10-4-6-20-12(10)3-5-19-11/h1-2,4,6-7,11H,3,5,8H2,(H,17,18)/t11-/m1/s1. The fraction of sp³-hybridized carbons (Fsp3) is 0.286. The molecule has 6 heteroatoms. The van der Waals surface area contributed by atoms with E-state index in [-0.39, 0.29) is 12.0 Å². The van der Waals surface area contributed by atoms with Crippen LogP contribution in [0.5, 0.6) is 0 Å². The molecule has 3 heterocycles. The van der Waals surface area contributed by atoms with Crippen molar-refractivity contribution in [3.8, 4) is 0 Å². The van der Waals surface area contributed by atoms with Gasteiger partial charge >= 0.3 is 0 Å². The second kappa shape index (κ2) is 5.68. The van der Waals surface area contributed by atoms with Crippen LogP contribution in [0.15, 0.2) is 29.8 Å². The second-order valence-electron chi connectivity index (χ2n) is 4.49. The molecule has 0 bridgehead atoms. The van der Waals surface area contributed by atoms with Gasteiger partial charge < -0.3 is 10.1 Å². The third kappa shape index (κ3) is 2.71. The van der Waals surface area contributed by atoms with E-state index in [1.54, 1.807) is 11.3 Å². The Balaban J connectivity index is 1.63. The summed E-state index contributed by atoms with van der Waals surface area (Å²) in [4.78, 5) is 16.7. The molecule has 104 valence electrons. The van der Waals surface area contributed by atoms with Crippen LogP contribution in [0, 0.1) is 5.95 Å². The Hall–Kier alpha value is -1.79. The van der Waals surface area contributed by atoms with Gasteiger partial charge in [-0.2, -0.15) is 4.39 Å². The molecular weight excluding hydrogens is 279 g/mol. The van der Waals surface area contributed by atoms with Crippen molar-refractivity contribution in [3.05, 3.63) is 51.7 Å². The number of nitrogens with one attached hydrogen (secondary N) is 1. The maximum Gasteiger partial charge on any atom is 0.252 e. The van der Waals surface area contributed by atoms with Crippen molar-refractivity contribution in [2.24, 2.45) is 0 Å². The monoisotopic (exact) mass is 292 g/mol. The Morgan fingerprint density at radius 2 is 2.40 bits per heavy atom. The van der Waals surface area contributed by atoms with E-state index in [0.29, 0.717) is 18.7 Å². The first kappa shape index (κ1) is 13.2. The molecule has 1 N–H and O–H groups in total. The summed E-state index contributed by atoms with van der Waals surface area (Å²) in [6, 6.07) is 4.62. The summed E-state index contributed by atoms with van der Waals surface area (Å²) >= 11 is 1.72. The second-order valence-corrected chi connectivity index (χ2v) is 5.49. The molecule has 2 aromatic heterocycles. The molecule has 1 aliphatic heterocycles. The predicted molar refractivity (Wildman–Crippen MR) is 73.2 cm³/mol. The Kier molecular flexibility index (Phi) is 3.75. The molecule has 4 nitrogen and oxygen atoms in total. The molecule has 0 saturated carbocycles. The quantitative estimate of drug-likeness (QED) is 0.883. The normalized spacial score (nSPS) is 17.6. The summed E-state index contributed by atoms with van der Waals surface area (Å²) in [5.41, 5.74) is 1.49. The lowest BCUT2D eigenvalue weighted by atomic mass is 10.1. The lowest BCUT2D eigenvalue weighted by Crippen LogP contribution is -2.31. The van der Waals surface area contributed by atoms with E-state index in [1.807, 2.05) is 11.4 Å². The van der Waals surface area contributed by atoms with Crippen LogP contribution >= 0.6 is 11.3 Å². The van der Waals surface area contributed by atoms with E-state index in [2.05, 4.69) is 10.3 Å². The van der Waals surface area contributed by atoms with Crippen molar-refractivity contribution in [2.45, 2.75) is 12.5 Å². The van der Waals surface area contributed by atoms with Gasteiger partial charge in [0, 0.05) is 24.0 Å². The highest BCUT2D eigenvalue weighted by Crippen LogP contribution is 2.30. The molecule has 1 aliphatic rings. The molecule has 0 spiro atoms. The zero-order chi connectivity index (χ0) is 13.9. The molecule has 0 aliphatic carbocycles. The number of amides is 1. The van der Waals surface area contributed by atoms with Crippen LogP contribution in [0.2, 0.25) is 0 Å². The number of rotatable bonds is 3. The van der Waals surface area contributed by atoms with E-state index in [4.69, 9.17) is 4.74 Å². The highest BCUT2D eigenvalue weighted by atomic mass is 32.1. The molecular formula is C14H13FN2O2S. The minimum atomic E-state index is -0.597. The lowest BCUT2D eigenvalue weighted by molar-refractivity contribution is 0.0423. The Morgan fingerprint density at radius 1 is 1.50 bits per heavy atom. The van der Waals surface area contributed by atoms with Crippen molar-refractivity contribution in [1.82, 2.24) is 10.3 Å². The van der Waals surface area contributed by atoms with Crippen LogP contribution in [0.3, 0.4) is 0 Å². The first-order valence-electron chi connectivity index (χ1n) is 6.31. The zero-order valence-corrected chi connectivity index (χ0v) is 11.5. The SMILES string of the molecule is O=C(NC[C@H]1OCCc2sccc21)c1ccc(F)nc1. The molecule has 0 fully saturated rings. The number of aromatic nitrogens is 1. The number of carbonyl (C=O) groups excluding carboxylic acids is 1. The average molecular weight is 292 g/mol. The van der Waals surface area contributed by atoms with Gasteiger partial charge in [0.15, 0.2) is 0 Å². The number of halogens is 1. The van der Waals surface area contributed by atoms with Crippen molar-refractivity contribution >= 4 is 17.2 Å². The number of hydrogen-bond acceptors (Lipinski definition) is 4. The third-order valence-electron chi connectivity index (χ3n) is 3.21. The van der Waals surface area contributed by atoms with Crippen LogP contribution in [-0.2, 0) is 11.2 Å². The van der Waals surface area contributed by atoms with E-state index in [9.17, 15) is 9.18 Å². The van der Waals surface area contributed by atoms with Crippen LogP contribution in [0.1, 0.15) is 26.9 Å². The Labute approximate surface area is 119 Å². The van der Waals surface area contributed by atoms with Crippen molar-refractivity contribution in [1.29, 1.82) is 0 Å². The van der Waals surface area contributed by atoms with E-state index in [0.717, 1.165) is 12.0 Å². The fourth-order valence-electron chi connectivity index (χ4n) is 2.19. The number of ether oxygens (including phenoxy) is 1. The van der Waals surface area contributed by atoms with Crippen molar-refractivity contribution < 1.29 is 13.9 Å². The number of thiophene rings is 1. The summed E-state index contributed by atoms with van der Waals surface area (Å²) in [5.74, 6) is -0.872. The number of fused-ring (bicyclic) bond motifs is 1. The average Bonchev–Trinajstić information content (AvgIpc) is 2.94. The molecule has 2 aromatic rings. The number of pyridine rings is 1. The maximum absolute atomic E-state index is 12.7. The summed E-state index contributed by atoms with van der Waals surface area (Å²) in [7, 11) is 0. The summed E-state index contributed by atoms with van der Waals surface area (Å²) in [6.07, 6.45) is 2.05. The van der Waals surface area contributed by atoms with E-state index < -0.39 is 5.95 Å². The van der Waals surface area contributed by atoms with Crippen molar-refractivity contribution in [2.75, 3.05) is 13.2 Å². The van der Waals surface area contributed by atoms with Gasteiger partial charge in [-0.25, -0.2) is 4.98 Å². The first-order chi connectivity index (χ1) is 9.74. The summed E-state index contributed by atoms with van der Waals surface area (Å²) < 4.78 is 18.4. The van der Waals surface area contributed by atoms with Crippen molar-refractivity contribution in [3.63, 3.8) is 0 Å². The zero-order valence-electron chi connectivity index (χ0n) is 10.6. The molecule has 3 rings (SSSR count). The fourth-order valence-corrected chi connectivity index (χ4v) is 3.11. The van der Waals surface area contributed by atoms with Gasteiger partial charge in [0.25, 0.3) is 5.91 Å². The first-order valence-corrected chi connectivity index (χ1v) is 7.19. The molecule has 0 aromatic carbocycles. The number of nitrogens with zero attached hydrogens (tertiary/aromatic N) is 1. The smallest absolute Gasteiger partial charge is 0.252 e. The molecule has 20 heavy (non-hydrogen) atoms. The van der Waals surface area contributed by atoms with Crippen LogP contribution in [0.25, 0.3) is 0 Å². The van der Waals surface area contributed by atoms with Gasteiger partial charge in [0.2, 0.25) is 5.95 Å². The highest BCUT2D eigenvalue weighted by Gasteiger charge is 2.22. The van der Waals surface area contributed by atoms with Gasteiger partial charge in [-0.3, -0.25) is 4.79 Å². The summed E-state index contributed by atoms with van der Waals surface area (Å²) in [5, 5.41) is 4.84. The molecule has 1 atom stereocenters. The highest BCUT2D eigenvalue weighted by molar-refractivity contribution is 7.10. The molecule has 0 unspecified atom stereocenters. The van der Waals surface area contributed by atoms with Crippen LogP contribution in [-0.4, -0.2) is 24.0 Å². The minimum absolute atomic E-state index is 0.109. The van der Waals surface area contributed by atoms with Gasteiger partial charge in [-0.15, -0.1) is 11.3 Å². The van der Waals surface area contributed by atoms with Gasteiger partial charge in [0.1, 0.15) is 6.10 Å². The largest absolute Gasteiger partial charge is 0.371 e. The van der Waals surface area contributed by atoms with Crippen LogP contribution < -0.4 is 5.32 Å². The topological polar surface area (TPSA) is 51.2 Å². The Bertz CT molecular complexity index is 612. The Morgan fingerprint density at radius 3 is 3.20 bits per heavy atom. The van der Waals surface area contributed by atoms with Gasteiger partial charge in [-0.1, -0.05) is 0 Å².